The van der Waals surface area contributed by atoms with Gasteiger partial charge in [-0.05, 0) is 51.0 Å². The zero-order valence-corrected chi connectivity index (χ0v) is 26.6. The van der Waals surface area contributed by atoms with Gasteiger partial charge in [-0.25, -0.2) is 9.38 Å². The van der Waals surface area contributed by atoms with Crippen molar-refractivity contribution >= 4 is 39.9 Å². The van der Waals surface area contributed by atoms with E-state index in [-0.39, 0.29) is 35.7 Å². The molecule has 10 heteroatoms. The van der Waals surface area contributed by atoms with E-state index in [2.05, 4.69) is 34.4 Å². The van der Waals surface area contributed by atoms with Gasteiger partial charge < -0.3 is 24.8 Å². The molecule has 3 rings (SSSR count). The molecule has 1 amide bonds. The molecule has 1 aromatic heterocycles. The highest BCUT2D eigenvalue weighted by Gasteiger charge is 2.44. The predicted octanol–water partition coefficient (Wildman–Crippen LogP) is 6.35. The van der Waals surface area contributed by atoms with Crippen LogP contribution >= 0.6 is 11.6 Å². The molecule has 0 aliphatic carbocycles. The monoisotopic (exact) mass is 601 g/mol. The van der Waals surface area contributed by atoms with Gasteiger partial charge in [-0.1, -0.05) is 51.3 Å². The van der Waals surface area contributed by atoms with E-state index >= 15 is 4.39 Å². The fourth-order valence-corrected chi connectivity index (χ4v) is 5.39. The lowest BCUT2D eigenvalue weighted by atomic mass is 9.75. The van der Waals surface area contributed by atoms with Crippen molar-refractivity contribution in [3.8, 4) is 5.75 Å². The molecule has 8 nitrogen and oxygen atoms in total. The number of amidine groups is 1. The molecule has 3 atom stereocenters. The molecule has 1 fully saturated rings. The number of aromatic nitrogens is 1. The number of carbonyl (C=O) groups excluding carboxylic acids is 1. The number of benzene rings is 1. The summed E-state index contributed by atoms with van der Waals surface area (Å²) in [5, 5.41) is 7.09. The molecule has 2 heterocycles. The molecule has 42 heavy (non-hydrogen) atoms. The third-order valence-electron chi connectivity index (χ3n) is 8.16. The Bertz CT molecular complexity index is 1410. The maximum atomic E-state index is 15.4. The second-order valence-corrected chi connectivity index (χ2v) is 11.6. The summed E-state index contributed by atoms with van der Waals surface area (Å²) in [6, 6.07) is 7.27. The van der Waals surface area contributed by atoms with Crippen molar-refractivity contribution in [1.29, 1.82) is 0 Å². The van der Waals surface area contributed by atoms with E-state index in [0.29, 0.717) is 23.8 Å². The van der Waals surface area contributed by atoms with Crippen LogP contribution in [0.4, 0.5) is 10.1 Å². The van der Waals surface area contributed by atoms with E-state index in [1.165, 1.54) is 11.6 Å². The van der Waals surface area contributed by atoms with Crippen molar-refractivity contribution < 1.29 is 13.9 Å². The first-order valence-corrected chi connectivity index (χ1v) is 15.1. The van der Waals surface area contributed by atoms with Crippen LogP contribution in [0.1, 0.15) is 60.3 Å². The first-order valence-electron chi connectivity index (χ1n) is 14.7. The van der Waals surface area contributed by atoms with Crippen molar-refractivity contribution in [2.45, 2.75) is 66.0 Å². The Hall–Kier alpha value is -3.33. The van der Waals surface area contributed by atoms with Gasteiger partial charge >= 0.3 is 0 Å². The number of likely N-dealkylation sites (N-methyl/N-ethyl adjacent to an activating group) is 1. The molecule has 3 unspecified atom stereocenters. The quantitative estimate of drug-likeness (QED) is 0.178. The van der Waals surface area contributed by atoms with Gasteiger partial charge in [0, 0.05) is 56.3 Å². The molecule has 0 saturated carbocycles. The van der Waals surface area contributed by atoms with Crippen molar-refractivity contribution in [3.63, 3.8) is 0 Å². The Morgan fingerprint density at radius 2 is 2.00 bits per heavy atom. The molecule has 1 aliphatic heterocycles. The standard InChI is InChI=1S/C32H45ClFN5O3/c1-8-10-12-27(26(33)17-36-22(4)39-18-21(3)32(5,34)24(19-39)11-9-2)37-25-13-14-28-23(15-25)16-29(31(41)38(28)7)42-20-30(40)35-6/h12-17,21,24,37H,8-11,18-20H2,1-7H3,(H,35,40)/b26-17+,27-12-,36-22?. The van der Waals surface area contributed by atoms with E-state index < -0.39 is 5.67 Å². The summed E-state index contributed by atoms with van der Waals surface area (Å²) < 4.78 is 22.4. The zero-order chi connectivity index (χ0) is 31.0. The van der Waals surface area contributed by atoms with Gasteiger partial charge in [0.1, 0.15) is 11.5 Å². The van der Waals surface area contributed by atoms with Crippen LogP contribution in [-0.4, -0.2) is 53.6 Å². The minimum absolute atomic E-state index is 0.0420. The maximum Gasteiger partial charge on any atom is 0.293 e. The number of aliphatic imine (C=N–C) groups is 1. The first-order chi connectivity index (χ1) is 19.9. The number of carbonyl (C=O) groups is 1. The summed E-state index contributed by atoms with van der Waals surface area (Å²) in [6.45, 7) is 10.8. The largest absolute Gasteiger partial charge is 0.478 e. The molecule has 1 saturated heterocycles. The minimum atomic E-state index is -1.19. The molecule has 0 bridgehead atoms. The number of halogens is 2. The zero-order valence-electron chi connectivity index (χ0n) is 25.9. The van der Waals surface area contributed by atoms with E-state index in [9.17, 15) is 9.59 Å². The van der Waals surface area contributed by atoms with Gasteiger partial charge in [0.25, 0.3) is 11.5 Å². The van der Waals surface area contributed by atoms with Gasteiger partial charge in [-0.3, -0.25) is 9.59 Å². The number of anilines is 1. The summed E-state index contributed by atoms with van der Waals surface area (Å²) in [6.07, 6.45) is 7.21. The van der Waals surface area contributed by atoms with Crippen LogP contribution < -0.4 is 20.9 Å². The van der Waals surface area contributed by atoms with Crippen molar-refractivity contribution in [1.82, 2.24) is 14.8 Å². The van der Waals surface area contributed by atoms with Crippen molar-refractivity contribution in [2.75, 3.05) is 32.1 Å². The van der Waals surface area contributed by atoms with Crippen LogP contribution in [0.2, 0.25) is 0 Å². The lowest BCUT2D eigenvalue weighted by molar-refractivity contribution is -0.122. The van der Waals surface area contributed by atoms with E-state index in [4.69, 9.17) is 16.3 Å². The van der Waals surface area contributed by atoms with Crippen LogP contribution in [0.15, 0.2) is 57.1 Å². The number of alkyl halides is 1. The number of allylic oxidation sites excluding steroid dienone is 2. The Morgan fingerprint density at radius 3 is 2.67 bits per heavy atom. The molecule has 1 aromatic carbocycles. The molecular weight excluding hydrogens is 557 g/mol. The molecular formula is C32H45ClFN5O3. The van der Waals surface area contributed by atoms with Gasteiger partial charge in [0.2, 0.25) is 0 Å². The number of aryl methyl sites for hydroxylation is 1. The van der Waals surface area contributed by atoms with E-state index in [0.717, 1.165) is 48.1 Å². The number of fused-ring (bicyclic) bond motifs is 1. The number of unbranched alkanes of at least 4 members (excludes halogenated alkanes) is 1. The minimum Gasteiger partial charge on any atom is -0.478 e. The number of piperidine rings is 1. The van der Waals surface area contributed by atoms with Gasteiger partial charge in [-0.15, -0.1) is 0 Å². The lowest BCUT2D eigenvalue weighted by Gasteiger charge is -2.46. The number of nitrogens with zero attached hydrogens (tertiary/aromatic N) is 3. The molecule has 230 valence electrons. The average molecular weight is 602 g/mol. The highest BCUT2D eigenvalue weighted by molar-refractivity contribution is 6.32. The van der Waals surface area contributed by atoms with E-state index in [1.807, 2.05) is 38.1 Å². The van der Waals surface area contributed by atoms with Gasteiger partial charge in [0.05, 0.1) is 16.2 Å². The number of pyridine rings is 1. The second-order valence-electron chi connectivity index (χ2n) is 11.2. The summed E-state index contributed by atoms with van der Waals surface area (Å²) >= 11 is 6.78. The Kier molecular flexibility index (Phi) is 11.6. The van der Waals surface area contributed by atoms with Crippen molar-refractivity contribution in [2.24, 2.45) is 23.9 Å². The molecule has 2 aromatic rings. The summed E-state index contributed by atoms with van der Waals surface area (Å²) in [5.74, 6) is 0.434. The SMILES string of the molecule is CCC/C=C(Nc1ccc2c(c1)cc(OCC(=O)NC)c(=O)n2C)/C(Cl)=C\N=C(C)N1CC(C)C(C)(F)C(CCC)C1. The Labute approximate surface area is 253 Å². The average Bonchev–Trinajstić information content (AvgIpc) is 2.97. The van der Waals surface area contributed by atoms with Crippen LogP contribution in [0.5, 0.6) is 5.75 Å². The Balaban J connectivity index is 1.85. The number of hydrogen-bond donors (Lipinski definition) is 2. The summed E-state index contributed by atoms with van der Waals surface area (Å²) in [4.78, 5) is 31.2. The topological polar surface area (TPSA) is 88.0 Å². The first kappa shape index (κ1) is 33.2. The number of rotatable bonds is 11. The number of ether oxygens (including phenoxy) is 1. The summed E-state index contributed by atoms with van der Waals surface area (Å²) in [5.41, 5.74) is 0.684. The third kappa shape index (κ3) is 7.94. The van der Waals surface area contributed by atoms with Crippen LogP contribution in [0, 0.1) is 11.8 Å². The smallest absolute Gasteiger partial charge is 0.293 e. The highest BCUT2D eigenvalue weighted by atomic mass is 35.5. The predicted molar refractivity (Wildman–Crippen MR) is 171 cm³/mol. The van der Waals surface area contributed by atoms with Gasteiger partial charge in [-0.2, -0.15) is 0 Å². The number of likely N-dealkylation sites (tertiary alicyclic amines) is 1. The highest BCUT2D eigenvalue weighted by Crippen LogP contribution is 2.38. The summed E-state index contributed by atoms with van der Waals surface area (Å²) in [7, 11) is 3.18. The fourth-order valence-electron chi connectivity index (χ4n) is 5.22. The normalized spacial score (nSPS) is 21.9. The second kappa shape index (κ2) is 14.7. The van der Waals surface area contributed by atoms with Gasteiger partial charge in [0.15, 0.2) is 12.4 Å². The fraction of sp³-hybridized carbons (Fsp3) is 0.531. The number of hydrogen-bond acceptors (Lipinski definition) is 5. The van der Waals surface area contributed by atoms with Crippen LogP contribution in [0.25, 0.3) is 10.9 Å². The van der Waals surface area contributed by atoms with E-state index in [1.54, 1.807) is 26.2 Å². The third-order valence-corrected chi connectivity index (χ3v) is 8.46. The lowest BCUT2D eigenvalue weighted by Crippen LogP contribution is -2.54. The molecule has 1 aliphatic rings. The number of amides is 1. The Morgan fingerprint density at radius 1 is 1.26 bits per heavy atom. The molecule has 0 radical (unpaired) electrons. The maximum absolute atomic E-state index is 15.4. The molecule has 2 N–H and O–H groups in total. The van der Waals surface area contributed by atoms with Crippen molar-refractivity contribution in [3.05, 3.63) is 57.6 Å². The van der Waals surface area contributed by atoms with Crippen LogP contribution in [0.3, 0.4) is 0 Å². The van der Waals surface area contributed by atoms with Crippen LogP contribution in [-0.2, 0) is 11.8 Å². The molecule has 0 spiro atoms. The number of nitrogens with one attached hydrogen (secondary N) is 2.